The molecule has 2 heterocycles. The van der Waals surface area contributed by atoms with Crippen molar-refractivity contribution in [1.29, 1.82) is 0 Å². The monoisotopic (exact) mass is 322 g/mol. The first-order valence-electron chi connectivity index (χ1n) is 7.67. The summed E-state index contributed by atoms with van der Waals surface area (Å²) in [6, 6.07) is 17.3. The predicted octanol–water partition coefficient (Wildman–Crippen LogP) is 4.19. The van der Waals surface area contributed by atoms with E-state index in [-0.39, 0.29) is 17.9 Å². The fraction of sp³-hybridized carbons (Fsp3) is 0.105. The van der Waals surface area contributed by atoms with Crippen LogP contribution in [0.3, 0.4) is 0 Å². The summed E-state index contributed by atoms with van der Waals surface area (Å²) in [5.41, 5.74) is 2.14. The molecule has 5 heteroatoms. The Kier molecular flexibility index (Phi) is 3.54. The molecule has 24 heavy (non-hydrogen) atoms. The highest BCUT2D eigenvalue weighted by Crippen LogP contribution is 2.35. The molecule has 1 aliphatic heterocycles. The van der Waals surface area contributed by atoms with Crippen molar-refractivity contribution in [3.63, 3.8) is 0 Å². The van der Waals surface area contributed by atoms with E-state index in [9.17, 15) is 9.18 Å². The molecule has 0 saturated heterocycles. The first-order chi connectivity index (χ1) is 11.7. The molecule has 1 aromatic heterocycles. The topological polar surface area (TPSA) is 45.5 Å². The molecule has 120 valence electrons. The highest BCUT2D eigenvalue weighted by molar-refractivity contribution is 5.99. The van der Waals surface area contributed by atoms with Crippen molar-refractivity contribution in [2.24, 2.45) is 0 Å². The van der Waals surface area contributed by atoms with E-state index in [1.807, 2.05) is 24.3 Å². The number of hydrogen-bond acceptors (Lipinski definition) is 3. The fourth-order valence-corrected chi connectivity index (χ4v) is 3.00. The average molecular weight is 322 g/mol. The van der Waals surface area contributed by atoms with Crippen molar-refractivity contribution in [3.8, 4) is 0 Å². The number of nitrogens with zero attached hydrogens (tertiary/aromatic N) is 1. The normalized spacial score (nSPS) is 16.3. The molecule has 1 aliphatic rings. The summed E-state index contributed by atoms with van der Waals surface area (Å²) in [6.07, 6.45) is 1.21. The number of hydrogen-bond donors (Lipinski definition) is 1. The number of benzene rings is 2. The number of halogens is 1. The van der Waals surface area contributed by atoms with Gasteiger partial charge in [0.25, 0.3) is 5.91 Å². The van der Waals surface area contributed by atoms with Crippen LogP contribution in [0.4, 0.5) is 10.1 Å². The van der Waals surface area contributed by atoms with E-state index < -0.39 is 0 Å². The number of carbonyl (C=O) groups excluding carboxylic acids is 1. The van der Waals surface area contributed by atoms with E-state index in [4.69, 9.17) is 4.42 Å². The minimum atomic E-state index is -0.374. The molecule has 2 aromatic carbocycles. The Labute approximate surface area is 138 Å². The molecular formula is C19H15FN2O2. The molecule has 0 unspecified atom stereocenters. The molecular weight excluding hydrogens is 307 g/mol. The van der Waals surface area contributed by atoms with Gasteiger partial charge in [0.05, 0.1) is 12.8 Å². The van der Waals surface area contributed by atoms with Crippen LogP contribution in [0.25, 0.3) is 0 Å². The van der Waals surface area contributed by atoms with E-state index in [1.54, 1.807) is 35.4 Å². The predicted molar refractivity (Wildman–Crippen MR) is 87.8 cm³/mol. The molecule has 0 fully saturated rings. The lowest BCUT2D eigenvalue weighted by Crippen LogP contribution is -2.31. The Morgan fingerprint density at radius 3 is 2.75 bits per heavy atom. The quantitative estimate of drug-likeness (QED) is 0.783. The number of carbonyl (C=O) groups is 1. The highest BCUT2D eigenvalue weighted by Gasteiger charge is 2.36. The van der Waals surface area contributed by atoms with Gasteiger partial charge in [0.15, 0.2) is 0 Å². The van der Waals surface area contributed by atoms with Gasteiger partial charge in [-0.3, -0.25) is 4.79 Å². The van der Waals surface area contributed by atoms with Crippen LogP contribution in [0, 0.1) is 5.82 Å². The van der Waals surface area contributed by atoms with Crippen LogP contribution >= 0.6 is 0 Å². The summed E-state index contributed by atoms with van der Waals surface area (Å²) in [5, 5.41) is 3.25. The first-order valence-corrected chi connectivity index (χ1v) is 7.67. The molecule has 3 aromatic rings. The van der Waals surface area contributed by atoms with Crippen molar-refractivity contribution in [1.82, 2.24) is 4.90 Å². The standard InChI is InChI=1S/C19H15FN2O2/c20-13-5-3-6-14(11-13)21-18-16-8-1-2-9-17(16)19(23)22(18)12-15-7-4-10-24-15/h1-11,18,21H,12H2/t18-/m0/s1. The van der Waals surface area contributed by atoms with Crippen molar-refractivity contribution < 1.29 is 13.6 Å². The summed E-state index contributed by atoms with van der Waals surface area (Å²) in [5.74, 6) is 0.299. The molecule has 1 N–H and O–H groups in total. The molecule has 4 rings (SSSR count). The van der Waals surface area contributed by atoms with Gasteiger partial charge in [-0.05, 0) is 36.4 Å². The summed E-state index contributed by atoms with van der Waals surface area (Å²) >= 11 is 0. The summed E-state index contributed by atoms with van der Waals surface area (Å²) in [4.78, 5) is 14.4. The van der Waals surface area contributed by atoms with Crippen molar-refractivity contribution >= 4 is 11.6 Å². The summed E-state index contributed by atoms with van der Waals surface area (Å²) in [6.45, 7) is 0.341. The second kappa shape index (κ2) is 5.85. The third kappa shape index (κ3) is 2.54. The van der Waals surface area contributed by atoms with Gasteiger partial charge < -0.3 is 14.6 Å². The minimum absolute atomic E-state index is 0.0732. The third-order valence-corrected chi connectivity index (χ3v) is 4.09. The zero-order valence-corrected chi connectivity index (χ0v) is 12.8. The minimum Gasteiger partial charge on any atom is -0.467 e. The van der Waals surface area contributed by atoms with Gasteiger partial charge in [-0.25, -0.2) is 4.39 Å². The van der Waals surface area contributed by atoms with E-state index >= 15 is 0 Å². The van der Waals surface area contributed by atoms with Gasteiger partial charge in [0.1, 0.15) is 17.7 Å². The van der Waals surface area contributed by atoms with Crippen LogP contribution in [-0.4, -0.2) is 10.8 Å². The van der Waals surface area contributed by atoms with Crippen LogP contribution < -0.4 is 5.32 Å². The summed E-state index contributed by atoms with van der Waals surface area (Å²) in [7, 11) is 0. The molecule has 0 radical (unpaired) electrons. The number of nitrogens with one attached hydrogen (secondary N) is 1. The Balaban J connectivity index is 1.70. The second-order valence-electron chi connectivity index (χ2n) is 5.66. The first kappa shape index (κ1) is 14.5. The molecule has 4 nitrogen and oxygen atoms in total. The molecule has 0 bridgehead atoms. The summed E-state index contributed by atoms with van der Waals surface area (Å²) < 4.78 is 18.9. The average Bonchev–Trinajstić information content (AvgIpc) is 3.18. The lowest BCUT2D eigenvalue weighted by atomic mass is 10.1. The molecule has 0 saturated carbocycles. The SMILES string of the molecule is O=C1c2ccccc2[C@@H](Nc2cccc(F)c2)N1Cc1ccco1. The molecule has 0 aliphatic carbocycles. The van der Waals surface area contributed by atoms with Crippen molar-refractivity contribution in [2.75, 3.05) is 5.32 Å². The van der Waals surface area contributed by atoms with Gasteiger partial charge in [-0.1, -0.05) is 24.3 Å². The Hall–Kier alpha value is -3.08. The fourth-order valence-electron chi connectivity index (χ4n) is 3.00. The van der Waals surface area contributed by atoms with Crippen LogP contribution in [0.5, 0.6) is 0 Å². The lowest BCUT2D eigenvalue weighted by molar-refractivity contribution is 0.0715. The Morgan fingerprint density at radius 2 is 1.96 bits per heavy atom. The number of furan rings is 1. The molecule has 1 amide bonds. The number of rotatable bonds is 4. The number of anilines is 1. The van der Waals surface area contributed by atoms with E-state index in [1.165, 1.54) is 12.1 Å². The van der Waals surface area contributed by atoms with Gasteiger partial charge in [-0.2, -0.15) is 0 Å². The zero-order chi connectivity index (χ0) is 16.5. The zero-order valence-electron chi connectivity index (χ0n) is 12.8. The van der Waals surface area contributed by atoms with Gasteiger partial charge >= 0.3 is 0 Å². The second-order valence-corrected chi connectivity index (χ2v) is 5.66. The van der Waals surface area contributed by atoms with Gasteiger partial charge in [0.2, 0.25) is 0 Å². The van der Waals surface area contributed by atoms with Crippen LogP contribution in [0.1, 0.15) is 27.8 Å². The number of fused-ring (bicyclic) bond motifs is 1. The highest BCUT2D eigenvalue weighted by atomic mass is 19.1. The maximum atomic E-state index is 13.5. The largest absolute Gasteiger partial charge is 0.467 e. The van der Waals surface area contributed by atoms with Crippen LogP contribution in [0.15, 0.2) is 71.3 Å². The van der Waals surface area contributed by atoms with Crippen molar-refractivity contribution in [2.45, 2.75) is 12.7 Å². The van der Waals surface area contributed by atoms with E-state index in [0.29, 0.717) is 23.6 Å². The van der Waals surface area contributed by atoms with Crippen LogP contribution in [0.2, 0.25) is 0 Å². The van der Waals surface area contributed by atoms with E-state index in [0.717, 1.165) is 5.56 Å². The lowest BCUT2D eigenvalue weighted by Gasteiger charge is -2.26. The third-order valence-electron chi connectivity index (χ3n) is 4.09. The van der Waals surface area contributed by atoms with Gasteiger partial charge in [0, 0.05) is 16.8 Å². The van der Waals surface area contributed by atoms with Crippen LogP contribution in [-0.2, 0) is 6.54 Å². The number of amides is 1. The molecule has 0 spiro atoms. The smallest absolute Gasteiger partial charge is 0.256 e. The Bertz CT molecular complexity index is 877. The maximum Gasteiger partial charge on any atom is 0.256 e. The van der Waals surface area contributed by atoms with E-state index in [2.05, 4.69) is 5.32 Å². The Morgan fingerprint density at radius 1 is 1.08 bits per heavy atom. The van der Waals surface area contributed by atoms with Crippen molar-refractivity contribution in [3.05, 3.63) is 89.6 Å². The van der Waals surface area contributed by atoms with Gasteiger partial charge in [-0.15, -0.1) is 0 Å². The molecule has 1 atom stereocenters. The maximum absolute atomic E-state index is 13.5.